The molecule has 2 atom stereocenters. The Morgan fingerprint density at radius 3 is 2.29 bits per heavy atom. The fraction of sp³-hybridized carbons (Fsp3) is 0.500. The molecule has 0 fully saturated rings. The molecule has 3 N–H and O–H groups in total. The number of hydrogen-bond acceptors (Lipinski definition) is 3. The van der Waals surface area contributed by atoms with E-state index in [4.69, 9.17) is 5.11 Å². The highest BCUT2D eigenvalue weighted by atomic mass is 32.1. The number of halogens is 3. The van der Waals surface area contributed by atoms with Gasteiger partial charge in [0.2, 0.25) is 5.54 Å². The maximum absolute atomic E-state index is 12.8. The largest absolute Gasteiger partial charge is 0.479 e. The molecule has 2 unspecified atom stereocenters. The summed E-state index contributed by atoms with van der Waals surface area (Å²) in [5.74, 6) is -2.18. The highest BCUT2D eigenvalue weighted by Crippen LogP contribution is 2.30. The van der Waals surface area contributed by atoms with Crippen LogP contribution < -0.4 is 10.6 Å². The molecule has 0 bridgehead atoms. The van der Waals surface area contributed by atoms with Crippen molar-refractivity contribution < 1.29 is 27.9 Å². The second-order valence-corrected chi connectivity index (χ2v) is 6.02. The van der Waals surface area contributed by atoms with Gasteiger partial charge in [0, 0.05) is 9.75 Å². The first-order chi connectivity index (χ1) is 9.47. The number of carbonyl (C=O) groups excluding carboxylic acids is 1. The van der Waals surface area contributed by atoms with Crippen LogP contribution in [0.4, 0.5) is 18.0 Å². The Hall–Kier alpha value is -1.77. The molecule has 1 aromatic heterocycles. The van der Waals surface area contributed by atoms with E-state index in [9.17, 15) is 22.8 Å². The molecule has 1 heterocycles. The summed E-state index contributed by atoms with van der Waals surface area (Å²) in [5, 5.41) is 12.5. The van der Waals surface area contributed by atoms with Crippen LogP contribution in [0.5, 0.6) is 0 Å². The van der Waals surface area contributed by atoms with Gasteiger partial charge in [0.15, 0.2) is 0 Å². The van der Waals surface area contributed by atoms with Gasteiger partial charge >= 0.3 is 18.2 Å². The van der Waals surface area contributed by atoms with E-state index in [0.717, 1.165) is 9.75 Å². The molecular weight excluding hydrogens is 309 g/mol. The molecule has 5 nitrogen and oxygen atoms in total. The van der Waals surface area contributed by atoms with Gasteiger partial charge in [-0.15, -0.1) is 11.3 Å². The van der Waals surface area contributed by atoms with Crippen LogP contribution in [0.2, 0.25) is 0 Å². The molecule has 0 aliphatic carbocycles. The van der Waals surface area contributed by atoms with Crippen LogP contribution in [-0.2, 0) is 4.79 Å². The minimum atomic E-state index is -5.11. The molecular formula is C12H15F3N2O3S. The molecule has 0 aromatic carbocycles. The third-order valence-electron chi connectivity index (χ3n) is 2.89. The molecule has 9 heteroatoms. The number of amides is 2. The van der Waals surface area contributed by atoms with Gasteiger partial charge in [-0.05, 0) is 32.9 Å². The number of nitrogens with one attached hydrogen (secondary N) is 2. The first-order valence-corrected chi connectivity index (χ1v) is 6.74. The number of rotatable bonds is 4. The molecule has 0 saturated carbocycles. The van der Waals surface area contributed by atoms with Gasteiger partial charge in [-0.3, -0.25) is 0 Å². The van der Waals surface area contributed by atoms with Gasteiger partial charge in [0.1, 0.15) is 0 Å². The zero-order valence-corrected chi connectivity index (χ0v) is 12.4. The van der Waals surface area contributed by atoms with Crippen molar-refractivity contribution in [2.45, 2.75) is 38.5 Å². The summed E-state index contributed by atoms with van der Waals surface area (Å²) >= 11 is 1.39. The number of carbonyl (C=O) groups is 2. The smallest absolute Gasteiger partial charge is 0.422 e. The standard InChI is InChI=1S/C12H15F3N2O3S/c1-6-4-5-8(21-6)7(2)16-10(20)17-11(3,9(18)19)12(13,14)15/h4-5,7H,1-3H3,(H,18,19)(H2,16,17,20). The van der Waals surface area contributed by atoms with E-state index in [-0.39, 0.29) is 0 Å². The Balaban J connectivity index is 2.78. The van der Waals surface area contributed by atoms with Crippen molar-refractivity contribution in [3.05, 3.63) is 21.9 Å². The summed E-state index contributed by atoms with van der Waals surface area (Å²) < 4.78 is 38.3. The van der Waals surface area contributed by atoms with Gasteiger partial charge in [-0.25, -0.2) is 9.59 Å². The van der Waals surface area contributed by atoms with Crippen LogP contribution in [0.1, 0.15) is 29.6 Å². The summed E-state index contributed by atoms with van der Waals surface area (Å²) in [5.41, 5.74) is -3.35. The minimum absolute atomic E-state index is 0.398. The van der Waals surface area contributed by atoms with Crippen LogP contribution in [-0.4, -0.2) is 28.8 Å². The number of carboxylic acid groups (broad SMARTS) is 1. The van der Waals surface area contributed by atoms with Gasteiger partial charge in [-0.2, -0.15) is 13.2 Å². The fourth-order valence-corrected chi connectivity index (χ4v) is 2.34. The molecule has 0 radical (unpaired) electrons. The van der Waals surface area contributed by atoms with E-state index in [2.05, 4.69) is 5.32 Å². The number of carboxylic acids is 1. The summed E-state index contributed by atoms with van der Waals surface area (Å²) in [6.07, 6.45) is -5.11. The average molecular weight is 324 g/mol. The van der Waals surface area contributed by atoms with Crippen molar-refractivity contribution in [3.8, 4) is 0 Å². The van der Waals surface area contributed by atoms with Crippen molar-refractivity contribution >= 4 is 23.3 Å². The second-order valence-electron chi connectivity index (χ2n) is 4.70. The summed E-state index contributed by atoms with van der Waals surface area (Å²) in [6.45, 7) is 3.84. The van der Waals surface area contributed by atoms with E-state index in [1.165, 1.54) is 16.7 Å². The summed E-state index contributed by atoms with van der Waals surface area (Å²) in [6, 6.07) is 1.82. The lowest BCUT2D eigenvalue weighted by molar-refractivity contribution is -0.203. The molecule has 1 aromatic rings. The lowest BCUT2D eigenvalue weighted by atomic mass is 10.0. The van der Waals surface area contributed by atoms with Crippen LogP contribution in [0, 0.1) is 6.92 Å². The molecule has 0 aliphatic heterocycles. The molecule has 0 aliphatic rings. The lowest BCUT2D eigenvalue weighted by Crippen LogP contribution is -2.63. The lowest BCUT2D eigenvalue weighted by Gasteiger charge is -2.29. The van der Waals surface area contributed by atoms with Crippen LogP contribution in [0.3, 0.4) is 0 Å². The predicted molar refractivity (Wildman–Crippen MR) is 71.2 cm³/mol. The second kappa shape index (κ2) is 5.92. The average Bonchev–Trinajstić information content (AvgIpc) is 2.73. The van der Waals surface area contributed by atoms with E-state index >= 15 is 0 Å². The van der Waals surface area contributed by atoms with Gasteiger partial charge in [-0.1, -0.05) is 0 Å². The first-order valence-electron chi connectivity index (χ1n) is 5.92. The Morgan fingerprint density at radius 2 is 1.90 bits per heavy atom. The van der Waals surface area contributed by atoms with Crippen molar-refractivity contribution in [3.63, 3.8) is 0 Å². The van der Waals surface area contributed by atoms with E-state index < -0.39 is 29.8 Å². The molecule has 21 heavy (non-hydrogen) atoms. The van der Waals surface area contributed by atoms with Crippen molar-refractivity contribution in [2.75, 3.05) is 0 Å². The Kier molecular flexibility index (Phi) is 4.87. The molecule has 0 spiro atoms. The monoisotopic (exact) mass is 324 g/mol. The van der Waals surface area contributed by atoms with Crippen molar-refractivity contribution in [1.82, 2.24) is 10.6 Å². The van der Waals surface area contributed by atoms with Crippen molar-refractivity contribution in [2.24, 2.45) is 0 Å². The Morgan fingerprint density at radius 1 is 1.33 bits per heavy atom. The maximum Gasteiger partial charge on any atom is 0.422 e. The van der Waals surface area contributed by atoms with Crippen LogP contribution in [0.15, 0.2) is 12.1 Å². The van der Waals surface area contributed by atoms with Crippen molar-refractivity contribution in [1.29, 1.82) is 0 Å². The van der Waals surface area contributed by atoms with E-state index in [0.29, 0.717) is 6.92 Å². The maximum atomic E-state index is 12.8. The van der Waals surface area contributed by atoms with Gasteiger partial charge in [0.25, 0.3) is 0 Å². The number of hydrogen-bond donors (Lipinski definition) is 3. The van der Waals surface area contributed by atoms with Gasteiger partial charge in [0.05, 0.1) is 6.04 Å². The highest BCUT2D eigenvalue weighted by molar-refractivity contribution is 7.12. The summed E-state index contributed by atoms with van der Waals surface area (Å²) in [4.78, 5) is 24.2. The van der Waals surface area contributed by atoms with Gasteiger partial charge < -0.3 is 15.7 Å². The molecule has 2 amide bonds. The van der Waals surface area contributed by atoms with Crippen LogP contribution >= 0.6 is 11.3 Å². The number of alkyl halides is 3. The van der Waals surface area contributed by atoms with Crippen LogP contribution in [0.25, 0.3) is 0 Å². The topological polar surface area (TPSA) is 78.4 Å². The normalized spacial score (nSPS) is 15.9. The van der Waals surface area contributed by atoms with E-state index in [1.807, 2.05) is 13.0 Å². The number of urea groups is 1. The quantitative estimate of drug-likeness (QED) is 0.797. The highest BCUT2D eigenvalue weighted by Gasteiger charge is 2.58. The number of aryl methyl sites for hydroxylation is 1. The molecule has 1 rings (SSSR count). The first kappa shape index (κ1) is 17.3. The predicted octanol–water partition coefficient (Wildman–Crippen LogP) is 2.82. The Bertz CT molecular complexity index is 544. The Labute approximate surface area is 123 Å². The number of thiophene rings is 1. The third-order valence-corrected chi connectivity index (χ3v) is 4.08. The SMILES string of the molecule is Cc1ccc(C(C)NC(=O)NC(C)(C(=O)O)C(F)(F)F)s1. The molecule has 118 valence electrons. The number of aliphatic carboxylic acids is 1. The zero-order chi connectivity index (χ0) is 16.4. The third kappa shape index (κ3) is 3.87. The summed E-state index contributed by atoms with van der Waals surface area (Å²) in [7, 11) is 0. The fourth-order valence-electron chi connectivity index (χ4n) is 1.46. The minimum Gasteiger partial charge on any atom is -0.479 e. The van der Waals surface area contributed by atoms with E-state index in [1.54, 1.807) is 13.0 Å². The zero-order valence-electron chi connectivity index (χ0n) is 11.5. The molecule has 0 saturated heterocycles.